The molecule has 1 rings (SSSR count). The molecule has 1 aromatic heterocycles. The van der Waals surface area contributed by atoms with Crippen LogP contribution in [0.4, 0.5) is 17.5 Å². The lowest BCUT2D eigenvalue weighted by Crippen LogP contribution is -1.90. The van der Waals surface area contributed by atoms with Gasteiger partial charge in [0, 0.05) is 0 Å². The van der Waals surface area contributed by atoms with E-state index >= 15 is 0 Å². The highest BCUT2D eigenvalue weighted by Crippen LogP contribution is 2.29. The predicted octanol–water partition coefficient (Wildman–Crippen LogP) is 0.678. The Hall–Kier alpha value is -2.12. The fourth-order valence-electron chi connectivity index (χ4n) is 0.615. The molecule has 0 aliphatic rings. The number of nitro groups is 2. The van der Waals surface area contributed by atoms with Crippen molar-refractivity contribution in [3.63, 3.8) is 0 Å². The minimum Gasteiger partial charge on any atom is -0.377 e. The first-order chi connectivity index (χ1) is 5.52. The molecule has 0 unspecified atom stereocenters. The van der Waals surface area contributed by atoms with Gasteiger partial charge in [-0.3, -0.25) is 20.2 Å². The number of anilines is 1. The van der Waals surface area contributed by atoms with Crippen LogP contribution in [-0.4, -0.2) is 9.85 Å². The summed E-state index contributed by atoms with van der Waals surface area (Å²) < 4.78 is 4.27. The molecule has 1 aromatic rings. The Bertz CT molecular complexity index is 342. The normalized spacial score (nSPS) is 9.67. The van der Waals surface area contributed by atoms with Crippen molar-refractivity contribution in [2.75, 3.05) is 5.73 Å². The van der Waals surface area contributed by atoms with Gasteiger partial charge in [-0.1, -0.05) is 0 Å². The van der Waals surface area contributed by atoms with Crippen LogP contribution in [0, 0.1) is 20.2 Å². The highest BCUT2D eigenvalue weighted by molar-refractivity contribution is 5.54. The molecule has 8 nitrogen and oxygen atoms in total. The topological polar surface area (TPSA) is 125 Å². The summed E-state index contributed by atoms with van der Waals surface area (Å²) in [5, 5.41) is 20.1. The van der Waals surface area contributed by atoms with Crippen LogP contribution in [-0.2, 0) is 0 Å². The quantitative estimate of drug-likeness (QED) is 0.517. The van der Waals surface area contributed by atoms with Crippen LogP contribution in [0.5, 0.6) is 0 Å². The first-order valence-electron chi connectivity index (χ1n) is 2.70. The van der Waals surface area contributed by atoms with E-state index < -0.39 is 27.3 Å². The molecular weight excluding hydrogens is 170 g/mol. The molecule has 0 spiro atoms. The summed E-state index contributed by atoms with van der Waals surface area (Å²) in [7, 11) is 0. The van der Waals surface area contributed by atoms with Gasteiger partial charge in [0.1, 0.15) is 11.0 Å². The maximum atomic E-state index is 10.1. The van der Waals surface area contributed by atoms with Gasteiger partial charge in [0.05, 0.1) is 4.92 Å². The van der Waals surface area contributed by atoms with E-state index in [1.54, 1.807) is 0 Å². The van der Waals surface area contributed by atoms with Crippen LogP contribution in [0.25, 0.3) is 0 Å². The molecule has 1 heterocycles. The Labute approximate surface area is 64.9 Å². The average molecular weight is 173 g/mol. The lowest BCUT2D eigenvalue weighted by atomic mass is 10.5. The summed E-state index contributed by atoms with van der Waals surface area (Å²) in [4.78, 5) is 18.4. The fourth-order valence-corrected chi connectivity index (χ4v) is 0.615. The SMILES string of the molecule is Nc1oc([N+](=O)[O-])cc1[N+](=O)[O-]. The molecule has 0 fully saturated rings. The highest BCUT2D eigenvalue weighted by atomic mass is 16.7. The Kier molecular flexibility index (Phi) is 1.66. The maximum Gasteiger partial charge on any atom is 0.442 e. The lowest BCUT2D eigenvalue weighted by Gasteiger charge is -1.81. The smallest absolute Gasteiger partial charge is 0.377 e. The third-order valence-corrected chi connectivity index (χ3v) is 1.10. The summed E-state index contributed by atoms with van der Waals surface area (Å²) in [6.07, 6.45) is 0. The van der Waals surface area contributed by atoms with E-state index in [2.05, 4.69) is 4.42 Å². The van der Waals surface area contributed by atoms with Crippen LogP contribution >= 0.6 is 0 Å². The molecule has 0 aliphatic carbocycles. The molecule has 12 heavy (non-hydrogen) atoms. The van der Waals surface area contributed by atoms with Crippen LogP contribution in [0.2, 0.25) is 0 Å². The van der Waals surface area contributed by atoms with Gasteiger partial charge < -0.3 is 10.2 Å². The fraction of sp³-hybridized carbons (Fsp3) is 0. The second-order valence-electron chi connectivity index (χ2n) is 1.85. The summed E-state index contributed by atoms with van der Waals surface area (Å²) >= 11 is 0. The van der Waals surface area contributed by atoms with E-state index in [0.29, 0.717) is 6.07 Å². The average Bonchev–Trinajstić information content (AvgIpc) is 2.30. The third kappa shape index (κ3) is 1.17. The molecule has 8 heteroatoms. The molecule has 0 saturated heterocycles. The third-order valence-electron chi connectivity index (χ3n) is 1.10. The molecule has 0 saturated carbocycles. The molecule has 0 amide bonds. The number of rotatable bonds is 2. The van der Waals surface area contributed by atoms with Crippen LogP contribution in [0.1, 0.15) is 0 Å². The van der Waals surface area contributed by atoms with Gasteiger partial charge in [-0.2, -0.15) is 0 Å². The Morgan fingerprint density at radius 3 is 2.17 bits per heavy atom. The zero-order valence-electron chi connectivity index (χ0n) is 5.59. The highest BCUT2D eigenvalue weighted by Gasteiger charge is 2.24. The summed E-state index contributed by atoms with van der Waals surface area (Å²) in [5.41, 5.74) is 4.37. The maximum absolute atomic E-state index is 10.1. The monoisotopic (exact) mass is 173 g/mol. The molecule has 2 N–H and O–H groups in total. The number of nitrogen functional groups attached to an aromatic ring is 1. The first-order valence-corrected chi connectivity index (χ1v) is 2.70. The molecule has 0 atom stereocenters. The largest absolute Gasteiger partial charge is 0.442 e. The number of nitrogens with zero attached hydrogens (tertiary/aromatic N) is 2. The van der Waals surface area contributed by atoms with E-state index in [9.17, 15) is 20.2 Å². The van der Waals surface area contributed by atoms with Gasteiger partial charge in [-0.05, 0) is 0 Å². The van der Waals surface area contributed by atoms with E-state index in [0.717, 1.165) is 0 Å². The molecule has 64 valence electrons. The van der Waals surface area contributed by atoms with Crippen molar-refractivity contribution < 1.29 is 14.3 Å². The van der Waals surface area contributed by atoms with Gasteiger partial charge >= 0.3 is 11.6 Å². The standard InChI is InChI=1S/C4H3N3O5/c5-4-2(6(8)9)1-3(12-4)7(10)11/h1H,5H2. The van der Waals surface area contributed by atoms with E-state index in [4.69, 9.17) is 5.73 Å². The number of hydrogen-bond donors (Lipinski definition) is 1. The second kappa shape index (κ2) is 2.49. The van der Waals surface area contributed by atoms with Crippen molar-refractivity contribution in [1.29, 1.82) is 0 Å². The van der Waals surface area contributed by atoms with Gasteiger partial charge in [0.25, 0.3) is 5.88 Å². The van der Waals surface area contributed by atoms with Crippen molar-refractivity contribution in [1.82, 2.24) is 0 Å². The van der Waals surface area contributed by atoms with Crippen molar-refractivity contribution in [3.8, 4) is 0 Å². The summed E-state index contributed by atoms with van der Waals surface area (Å²) in [5.74, 6) is -1.30. The van der Waals surface area contributed by atoms with Crippen LogP contribution in [0.15, 0.2) is 10.5 Å². The van der Waals surface area contributed by atoms with Crippen LogP contribution < -0.4 is 5.73 Å². The summed E-state index contributed by atoms with van der Waals surface area (Å²) in [6.45, 7) is 0. The van der Waals surface area contributed by atoms with E-state index in [1.165, 1.54) is 0 Å². The van der Waals surface area contributed by atoms with Gasteiger partial charge in [0.15, 0.2) is 0 Å². The zero-order chi connectivity index (χ0) is 9.30. The zero-order valence-corrected chi connectivity index (χ0v) is 5.59. The molecule has 0 bridgehead atoms. The first kappa shape index (κ1) is 7.98. The molecule has 0 aliphatic heterocycles. The summed E-state index contributed by atoms with van der Waals surface area (Å²) in [6, 6.07) is 0.662. The van der Waals surface area contributed by atoms with Crippen molar-refractivity contribution in [2.24, 2.45) is 0 Å². The van der Waals surface area contributed by atoms with Gasteiger partial charge in [0.2, 0.25) is 0 Å². The lowest BCUT2D eigenvalue weighted by molar-refractivity contribution is -0.402. The Morgan fingerprint density at radius 2 is 1.92 bits per heavy atom. The van der Waals surface area contributed by atoms with Gasteiger partial charge in [-0.15, -0.1) is 0 Å². The molecular formula is C4H3N3O5. The second-order valence-corrected chi connectivity index (χ2v) is 1.85. The molecule has 0 aromatic carbocycles. The molecule has 0 radical (unpaired) electrons. The van der Waals surface area contributed by atoms with Crippen molar-refractivity contribution in [2.45, 2.75) is 0 Å². The predicted molar refractivity (Wildman–Crippen MR) is 36.4 cm³/mol. The minimum absolute atomic E-state index is 0.563. The minimum atomic E-state index is -0.899. The van der Waals surface area contributed by atoms with Crippen LogP contribution in [0.3, 0.4) is 0 Å². The number of nitrogens with two attached hydrogens (primary N) is 1. The number of hydrogen-bond acceptors (Lipinski definition) is 6. The number of furan rings is 1. The van der Waals surface area contributed by atoms with E-state index in [-0.39, 0.29) is 0 Å². The Morgan fingerprint density at radius 1 is 1.33 bits per heavy atom. The van der Waals surface area contributed by atoms with Crippen molar-refractivity contribution in [3.05, 3.63) is 26.3 Å². The Balaban J connectivity index is 3.17. The van der Waals surface area contributed by atoms with Crippen molar-refractivity contribution >= 4 is 17.5 Å². The van der Waals surface area contributed by atoms with E-state index in [1.807, 2.05) is 0 Å². The van der Waals surface area contributed by atoms with Gasteiger partial charge in [-0.25, -0.2) is 0 Å².